The molecule has 0 amide bonds. The van der Waals surface area contributed by atoms with Crippen LogP contribution in [0.2, 0.25) is 0 Å². The Balaban J connectivity index is 1.11. The van der Waals surface area contributed by atoms with Crippen LogP contribution in [0.25, 0.3) is 28.2 Å². The highest BCUT2D eigenvalue weighted by molar-refractivity contribution is 5.91. The Morgan fingerprint density at radius 1 is 0.976 bits per heavy atom. The second kappa shape index (κ2) is 9.63. The molecule has 1 fully saturated rings. The largest absolute Gasteiger partial charge is 0.359 e. The minimum atomic E-state index is 0.0568. The SMILES string of the molecule is C/C=C/c1ccc(C2=C(c3ccnc(NCc4cccc5ccccc45)n3)N3C=CC(CC4C5=CC54)=CC3N2)cc1. The number of anilines is 1. The van der Waals surface area contributed by atoms with E-state index < -0.39 is 0 Å². The third kappa shape index (κ3) is 4.44. The number of fused-ring (bicyclic) bond motifs is 3. The maximum Gasteiger partial charge on any atom is 0.223 e. The molecule has 3 aromatic carbocycles. The molecule has 200 valence electrons. The zero-order valence-corrected chi connectivity index (χ0v) is 23.0. The summed E-state index contributed by atoms with van der Waals surface area (Å²) in [5.41, 5.74) is 9.65. The first-order valence-electron chi connectivity index (χ1n) is 14.4. The van der Waals surface area contributed by atoms with Crippen LogP contribution >= 0.6 is 0 Å². The molecule has 4 aromatic rings. The van der Waals surface area contributed by atoms with E-state index in [1.807, 2.05) is 19.2 Å². The normalized spacial score (nSPS) is 21.9. The molecule has 3 unspecified atom stereocenters. The van der Waals surface area contributed by atoms with Crippen LogP contribution in [0.3, 0.4) is 0 Å². The molecule has 5 nitrogen and oxygen atoms in total. The van der Waals surface area contributed by atoms with Gasteiger partial charge in [0.1, 0.15) is 6.17 Å². The van der Waals surface area contributed by atoms with Crippen LogP contribution in [-0.2, 0) is 6.54 Å². The van der Waals surface area contributed by atoms with Gasteiger partial charge >= 0.3 is 0 Å². The van der Waals surface area contributed by atoms with Crippen LogP contribution in [-0.4, -0.2) is 21.0 Å². The van der Waals surface area contributed by atoms with Crippen molar-refractivity contribution in [2.45, 2.75) is 26.1 Å². The highest BCUT2D eigenvalue weighted by Gasteiger charge is 2.53. The molecule has 0 spiro atoms. The van der Waals surface area contributed by atoms with Crippen LogP contribution in [0.1, 0.15) is 35.7 Å². The summed E-state index contributed by atoms with van der Waals surface area (Å²) in [7, 11) is 0. The van der Waals surface area contributed by atoms with Crippen LogP contribution in [0.5, 0.6) is 0 Å². The average Bonchev–Trinajstić information content (AvgIpc) is 3.91. The van der Waals surface area contributed by atoms with E-state index in [9.17, 15) is 0 Å². The minimum absolute atomic E-state index is 0.0568. The van der Waals surface area contributed by atoms with Gasteiger partial charge in [-0.25, -0.2) is 9.97 Å². The molecule has 0 radical (unpaired) electrons. The maximum absolute atomic E-state index is 5.02. The molecule has 5 heteroatoms. The lowest BCUT2D eigenvalue weighted by atomic mass is 10.0. The topological polar surface area (TPSA) is 53.1 Å². The summed E-state index contributed by atoms with van der Waals surface area (Å²) in [6, 6.07) is 25.6. The maximum atomic E-state index is 5.02. The molecule has 1 saturated carbocycles. The smallest absolute Gasteiger partial charge is 0.223 e. The molecule has 2 N–H and O–H groups in total. The molecule has 3 atom stereocenters. The van der Waals surface area contributed by atoms with Crippen molar-refractivity contribution in [1.29, 1.82) is 0 Å². The van der Waals surface area contributed by atoms with Crippen LogP contribution in [0, 0.1) is 11.8 Å². The second-order valence-corrected chi connectivity index (χ2v) is 11.2. The molecule has 1 aromatic heterocycles. The molecule has 2 aliphatic heterocycles. The highest BCUT2D eigenvalue weighted by atomic mass is 15.3. The summed E-state index contributed by atoms with van der Waals surface area (Å²) >= 11 is 0. The fraction of sp³-hybridized carbons (Fsp3) is 0.167. The van der Waals surface area contributed by atoms with E-state index in [0.29, 0.717) is 12.5 Å². The lowest BCUT2D eigenvalue weighted by Crippen LogP contribution is -2.34. The zero-order chi connectivity index (χ0) is 27.3. The first-order valence-corrected chi connectivity index (χ1v) is 14.4. The molecule has 2 aliphatic carbocycles. The summed E-state index contributed by atoms with van der Waals surface area (Å²) < 4.78 is 0. The third-order valence-corrected chi connectivity index (χ3v) is 8.54. The van der Waals surface area contributed by atoms with Gasteiger partial charge < -0.3 is 15.5 Å². The van der Waals surface area contributed by atoms with E-state index in [-0.39, 0.29) is 6.17 Å². The lowest BCUT2D eigenvalue weighted by molar-refractivity contribution is 0.437. The van der Waals surface area contributed by atoms with Crippen LogP contribution in [0.4, 0.5) is 5.95 Å². The highest BCUT2D eigenvalue weighted by Crippen LogP contribution is 2.63. The number of allylic oxidation sites excluding steroid dienone is 5. The lowest BCUT2D eigenvalue weighted by Gasteiger charge is -2.27. The van der Waals surface area contributed by atoms with E-state index in [1.54, 1.807) is 5.57 Å². The first-order chi connectivity index (χ1) is 20.2. The van der Waals surface area contributed by atoms with Crippen molar-refractivity contribution in [2.75, 3.05) is 5.32 Å². The second-order valence-electron chi connectivity index (χ2n) is 11.2. The minimum Gasteiger partial charge on any atom is -0.359 e. The van der Waals surface area contributed by atoms with E-state index in [4.69, 9.17) is 4.98 Å². The van der Waals surface area contributed by atoms with Gasteiger partial charge in [0.25, 0.3) is 0 Å². The van der Waals surface area contributed by atoms with Gasteiger partial charge in [-0.15, -0.1) is 0 Å². The Morgan fingerprint density at radius 2 is 1.83 bits per heavy atom. The number of hydrogen-bond acceptors (Lipinski definition) is 5. The van der Waals surface area contributed by atoms with Crippen molar-refractivity contribution < 1.29 is 0 Å². The summed E-state index contributed by atoms with van der Waals surface area (Å²) in [5, 5.41) is 9.78. The van der Waals surface area contributed by atoms with Gasteiger partial charge in [0.05, 0.1) is 17.1 Å². The van der Waals surface area contributed by atoms with Crippen LogP contribution < -0.4 is 10.6 Å². The molecule has 4 aliphatic rings. The predicted octanol–water partition coefficient (Wildman–Crippen LogP) is 7.36. The fourth-order valence-electron chi connectivity index (χ4n) is 6.19. The van der Waals surface area contributed by atoms with E-state index >= 15 is 0 Å². The van der Waals surface area contributed by atoms with Crippen molar-refractivity contribution in [1.82, 2.24) is 20.2 Å². The van der Waals surface area contributed by atoms with Gasteiger partial charge in [-0.3, -0.25) is 0 Å². The average molecular weight is 534 g/mol. The van der Waals surface area contributed by atoms with Gasteiger partial charge in [-0.1, -0.05) is 90.5 Å². The van der Waals surface area contributed by atoms with E-state index in [1.165, 1.54) is 27.5 Å². The van der Waals surface area contributed by atoms with Crippen LogP contribution in [0.15, 0.2) is 121 Å². The number of hydrogen-bond donors (Lipinski definition) is 2. The van der Waals surface area contributed by atoms with Crippen molar-refractivity contribution in [2.24, 2.45) is 11.8 Å². The molecule has 41 heavy (non-hydrogen) atoms. The number of rotatable bonds is 8. The number of benzene rings is 3. The number of nitrogens with one attached hydrogen (secondary N) is 2. The Morgan fingerprint density at radius 3 is 2.66 bits per heavy atom. The fourth-order valence-corrected chi connectivity index (χ4v) is 6.19. The molecular weight excluding hydrogens is 502 g/mol. The van der Waals surface area contributed by atoms with Crippen molar-refractivity contribution in [3.05, 3.63) is 143 Å². The van der Waals surface area contributed by atoms with Gasteiger partial charge in [0.15, 0.2) is 0 Å². The summed E-state index contributed by atoms with van der Waals surface area (Å²) in [4.78, 5) is 11.9. The number of aromatic nitrogens is 2. The van der Waals surface area contributed by atoms with Crippen molar-refractivity contribution in [3.63, 3.8) is 0 Å². The quantitative estimate of drug-likeness (QED) is 0.232. The summed E-state index contributed by atoms with van der Waals surface area (Å²) in [6.45, 7) is 2.70. The van der Waals surface area contributed by atoms with Gasteiger partial charge in [0.2, 0.25) is 5.95 Å². The number of nitrogens with zero attached hydrogens (tertiary/aromatic N) is 3. The zero-order valence-electron chi connectivity index (χ0n) is 23.0. The summed E-state index contributed by atoms with van der Waals surface area (Å²) in [5.74, 6) is 2.20. The van der Waals surface area contributed by atoms with Gasteiger partial charge in [0, 0.05) is 24.9 Å². The van der Waals surface area contributed by atoms with Gasteiger partial charge in [-0.05, 0) is 70.5 Å². The molecule has 0 saturated heterocycles. The van der Waals surface area contributed by atoms with Crippen molar-refractivity contribution in [3.8, 4) is 0 Å². The Bertz CT molecular complexity index is 1820. The van der Waals surface area contributed by atoms with E-state index in [0.717, 1.165) is 40.9 Å². The molecule has 8 rings (SSSR count). The van der Waals surface area contributed by atoms with E-state index in [2.05, 4.69) is 124 Å². The molecule has 0 bridgehead atoms. The monoisotopic (exact) mass is 533 g/mol. The molecular formula is C36H31N5. The Labute approximate surface area is 240 Å². The molecule has 3 heterocycles. The third-order valence-electron chi connectivity index (χ3n) is 8.54. The Kier molecular flexibility index (Phi) is 5.62. The first kappa shape index (κ1) is 23.9. The Hall–Kier alpha value is -4.90. The van der Waals surface area contributed by atoms with Crippen molar-refractivity contribution >= 4 is 34.2 Å². The summed E-state index contributed by atoms with van der Waals surface area (Å²) in [6.07, 6.45) is 16.5. The predicted molar refractivity (Wildman–Crippen MR) is 167 cm³/mol. The standard InChI is InChI=1S/C36H31N5/c1-2-6-23-11-13-26(14-12-23)34-35(41-18-16-24(20-33(41)40-34)19-29-30-21-31(29)30)32-15-17-37-36(39-32)38-22-27-9-5-8-25-7-3-4-10-28(25)27/h2-18,20-21,29-30,33,40H,19,22H2,1H3,(H,37,38,39)/b6-2+. The van der Waals surface area contributed by atoms with Gasteiger partial charge in [-0.2, -0.15) is 0 Å².